The average molecular weight is 459 g/mol. The van der Waals surface area contributed by atoms with Crippen LogP contribution in [0.5, 0.6) is 0 Å². The summed E-state index contributed by atoms with van der Waals surface area (Å²) in [5.41, 5.74) is 1.44. The second-order valence-corrected chi connectivity index (χ2v) is 8.55. The molecular weight excluding hydrogens is 438 g/mol. The van der Waals surface area contributed by atoms with Gasteiger partial charge in [-0.25, -0.2) is 8.42 Å². The number of nitro groups is 1. The van der Waals surface area contributed by atoms with E-state index < -0.39 is 33.1 Å². The van der Waals surface area contributed by atoms with Gasteiger partial charge in [-0.3, -0.25) is 14.9 Å². The Kier molecular flexibility index (Phi) is 7.23. The minimum atomic E-state index is -4.18. The van der Waals surface area contributed by atoms with E-state index in [1.54, 1.807) is 24.3 Å². The monoisotopic (exact) mass is 459 g/mol. The lowest BCUT2D eigenvalue weighted by atomic mass is 10.1. The molecule has 11 heteroatoms. The lowest BCUT2D eigenvalue weighted by molar-refractivity contribution is -0.384. The third kappa shape index (κ3) is 5.93. The molecule has 0 bridgehead atoms. The summed E-state index contributed by atoms with van der Waals surface area (Å²) in [6, 6.07) is 14.1. The summed E-state index contributed by atoms with van der Waals surface area (Å²) in [6.45, 7) is 1.45. The molecule has 0 spiro atoms. The summed E-state index contributed by atoms with van der Waals surface area (Å²) in [7, 11) is -4.18. The lowest BCUT2D eigenvalue weighted by Crippen LogP contribution is -2.30. The molecule has 0 radical (unpaired) electrons. The maximum Gasteiger partial charge on any atom is 0.321 e. The number of ether oxygens (including phenoxy) is 1. The van der Waals surface area contributed by atoms with Gasteiger partial charge in [-0.1, -0.05) is 24.3 Å². The molecule has 0 atom stereocenters. The summed E-state index contributed by atoms with van der Waals surface area (Å²) in [4.78, 5) is 22.3. The zero-order chi connectivity index (χ0) is 23.1. The number of esters is 1. The van der Waals surface area contributed by atoms with Gasteiger partial charge in [-0.15, -0.1) is 0 Å². The predicted molar refractivity (Wildman–Crippen MR) is 115 cm³/mol. The summed E-state index contributed by atoms with van der Waals surface area (Å²) in [5.74, 6) is -0.218. The molecule has 1 heterocycles. The van der Waals surface area contributed by atoms with Gasteiger partial charge in [-0.2, -0.15) is 4.72 Å². The molecule has 10 nitrogen and oxygen atoms in total. The van der Waals surface area contributed by atoms with Crippen LogP contribution in [0.4, 0.5) is 11.4 Å². The van der Waals surface area contributed by atoms with Crippen LogP contribution in [0.2, 0.25) is 0 Å². The van der Waals surface area contributed by atoms with Crippen LogP contribution < -0.4 is 10.0 Å². The number of nitrogens with zero attached hydrogens (tertiary/aromatic N) is 1. The number of sulfonamides is 1. The predicted octanol–water partition coefficient (Wildman–Crippen LogP) is 3.13. The van der Waals surface area contributed by atoms with Crippen molar-refractivity contribution in [2.45, 2.75) is 25.0 Å². The molecule has 0 aliphatic rings. The molecule has 1 aromatic heterocycles. The topological polar surface area (TPSA) is 141 Å². The Hall–Kier alpha value is -3.70. The van der Waals surface area contributed by atoms with Gasteiger partial charge < -0.3 is 14.5 Å². The molecule has 0 aliphatic carbocycles. The molecule has 0 saturated heterocycles. The smallest absolute Gasteiger partial charge is 0.321 e. The summed E-state index contributed by atoms with van der Waals surface area (Å²) < 4.78 is 37.4. The largest absolute Gasteiger partial charge is 0.467 e. The van der Waals surface area contributed by atoms with Crippen molar-refractivity contribution in [3.8, 4) is 0 Å². The number of hydrogen-bond acceptors (Lipinski definition) is 8. The second-order valence-electron chi connectivity index (χ2n) is 6.78. The van der Waals surface area contributed by atoms with Crippen molar-refractivity contribution in [1.82, 2.24) is 4.72 Å². The molecule has 0 saturated carbocycles. The Balaban J connectivity index is 1.63. The van der Waals surface area contributed by atoms with Gasteiger partial charge in [0.05, 0.1) is 22.6 Å². The molecule has 2 N–H and O–H groups in total. The summed E-state index contributed by atoms with van der Waals surface area (Å²) >= 11 is 0. The van der Waals surface area contributed by atoms with E-state index in [2.05, 4.69) is 10.0 Å². The van der Waals surface area contributed by atoms with Crippen LogP contribution in [0.25, 0.3) is 0 Å². The van der Waals surface area contributed by atoms with E-state index in [9.17, 15) is 23.3 Å². The molecule has 2 aromatic carbocycles. The maximum atomic E-state index is 12.5. The first kappa shape index (κ1) is 23.0. The van der Waals surface area contributed by atoms with Crippen LogP contribution in [0.3, 0.4) is 0 Å². The van der Waals surface area contributed by atoms with Crippen LogP contribution in [0, 0.1) is 17.0 Å². The first-order valence-electron chi connectivity index (χ1n) is 9.51. The first-order valence-corrected chi connectivity index (χ1v) is 11.0. The van der Waals surface area contributed by atoms with Crippen LogP contribution in [-0.4, -0.2) is 25.9 Å². The Morgan fingerprint density at radius 2 is 1.94 bits per heavy atom. The SMILES string of the molecule is Cc1ccccc1COC(=O)CNS(=O)(=O)c1ccc(NCc2ccco2)c([N+](=O)[O-])c1. The number of carbonyl (C=O) groups is 1. The highest BCUT2D eigenvalue weighted by Crippen LogP contribution is 2.28. The van der Waals surface area contributed by atoms with E-state index in [-0.39, 0.29) is 23.7 Å². The van der Waals surface area contributed by atoms with Gasteiger partial charge in [0.2, 0.25) is 10.0 Å². The van der Waals surface area contributed by atoms with E-state index in [1.807, 2.05) is 19.1 Å². The minimum absolute atomic E-state index is 0.00867. The molecule has 0 amide bonds. The zero-order valence-electron chi connectivity index (χ0n) is 17.1. The van der Waals surface area contributed by atoms with Gasteiger partial charge >= 0.3 is 5.97 Å². The van der Waals surface area contributed by atoms with Crippen LogP contribution >= 0.6 is 0 Å². The van der Waals surface area contributed by atoms with Crippen molar-refractivity contribution in [2.24, 2.45) is 0 Å². The zero-order valence-corrected chi connectivity index (χ0v) is 17.9. The Labute approximate surface area is 184 Å². The first-order chi connectivity index (χ1) is 15.3. The molecule has 168 valence electrons. The van der Waals surface area contributed by atoms with Crippen molar-refractivity contribution < 1.29 is 27.3 Å². The number of nitrogens with one attached hydrogen (secondary N) is 2. The van der Waals surface area contributed by atoms with Gasteiger partial charge in [0, 0.05) is 6.07 Å². The highest BCUT2D eigenvalue weighted by molar-refractivity contribution is 7.89. The normalized spacial score (nSPS) is 11.2. The van der Waals surface area contributed by atoms with E-state index in [1.165, 1.54) is 18.4 Å². The maximum absolute atomic E-state index is 12.5. The number of carbonyl (C=O) groups excluding carboxylic acids is 1. The Morgan fingerprint density at radius 3 is 2.62 bits per heavy atom. The fourth-order valence-electron chi connectivity index (χ4n) is 2.79. The number of aryl methyl sites for hydroxylation is 1. The summed E-state index contributed by atoms with van der Waals surface area (Å²) in [5, 5.41) is 14.3. The molecule has 32 heavy (non-hydrogen) atoms. The third-order valence-corrected chi connectivity index (χ3v) is 5.96. The molecule has 0 fully saturated rings. The van der Waals surface area contributed by atoms with Crippen molar-refractivity contribution in [3.63, 3.8) is 0 Å². The van der Waals surface area contributed by atoms with E-state index in [0.717, 1.165) is 17.2 Å². The molecule has 0 unspecified atom stereocenters. The van der Waals surface area contributed by atoms with Gasteiger partial charge in [0.1, 0.15) is 24.6 Å². The minimum Gasteiger partial charge on any atom is -0.467 e. The van der Waals surface area contributed by atoms with Crippen molar-refractivity contribution >= 4 is 27.4 Å². The van der Waals surface area contributed by atoms with Gasteiger partial charge in [-0.05, 0) is 42.3 Å². The van der Waals surface area contributed by atoms with Gasteiger partial charge in [0.15, 0.2) is 0 Å². The Bertz CT molecular complexity index is 1210. The van der Waals surface area contributed by atoms with Crippen molar-refractivity contribution in [2.75, 3.05) is 11.9 Å². The number of anilines is 1. The number of nitro benzene ring substituents is 1. The molecular formula is C21H21N3O7S. The third-order valence-electron chi connectivity index (χ3n) is 4.57. The fraction of sp³-hybridized carbons (Fsp3) is 0.190. The molecule has 3 rings (SSSR count). The number of furan rings is 1. The summed E-state index contributed by atoms with van der Waals surface area (Å²) in [6.07, 6.45) is 1.47. The van der Waals surface area contributed by atoms with Crippen LogP contribution in [0.15, 0.2) is 70.2 Å². The average Bonchev–Trinajstić information content (AvgIpc) is 3.29. The standard InChI is InChI=1S/C21H21N3O7S/c1-15-5-2-3-6-16(15)14-31-21(25)13-23-32(28,29)18-8-9-19(20(11-18)24(26)27)22-12-17-7-4-10-30-17/h2-11,22-23H,12-14H2,1H3. The second kappa shape index (κ2) is 10.1. The molecule has 3 aromatic rings. The van der Waals surface area contributed by atoms with Crippen molar-refractivity contribution in [1.29, 1.82) is 0 Å². The van der Waals surface area contributed by atoms with E-state index in [4.69, 9.17) is 9.15 Å². The fourth-order valence-corrected chi connectivity index (χ4v) is 3.78. The number of benzene rings is 2. The highest BCUT2D eigenvalue weighted by atomic mass is 32.2. The van der Waals surface area contributed by atoms with E-state index >= 15 is 0 Å². The van der Waals surface area contributed by atoms with Crippen molar-refractivity contribution in [3.05, 3.63) is 87.9 Å². The lowest BCUT2D eigenvalue weighted by Gasteiger charge is -2.10. The van der Waals surface area contributed by atoms with E-state index in [0.29, 0.717) is 5.76 Å². The van der Waals surface area contributed by atoms with Gasteiger partial charge in [0.25, 0.3) is 5.69 Å². The number of hydrogen-bond donors (Lipinski definition) is 2. The van der Waals surface area contributed by atoms with Crippen LogP contribution in [0.1, 0.15) is 16.9 Å². The Morgan fingerprint density at radius 1 is 1.16 bits per heavy atom. The number of rotatable bonds is 10. The quantitative estimate of drug-likeness (QED) is 0.268. The molecule has 0 aliphatic heterocycles. The highest BCUT2D eigenvalue weighted by Gasteiger charge is 2.22. The van der Waals surface area contributed by atoms with Crippen LogP contribution in [-0.2, 0) is 32.7 Å².